The number of hydrogen-bond acceptors (Lipinski definition) is 7. The first-order valence-corrected chi connectivity index (χ1v) is 8.97. The molecule has 0 atom stereocenters. The van der Waals surface area contributed by atoms with Gasteiger partial charge in [-0.2, -0.15) is 4.52 Å². The predicted octanol–water partition coefficient (Wildman–Crippen LogP) is 1.35. The smallest absolute Gasteiger partial charge is 0.178 e. The van der Waals surface area contributed by atoms with Crippen LogP contribution in [-0.4, -0.2) is 60.5 Å². The third-order valence-electron chi connectivity index (χ3n) is 5.51. The van der Waals surface area contributed by atoms with E-state index >= 15 is 0 Å². The Morgan fingerprint density at radius 1 is 1.11 bits per heavy atom. The van der Waals surface area contributed by atoms with Gasteiger partial charge in [0.1, 0.15) is 17.7 Å². The van der Waals surface area contributed by atoms with Gasteiger partial charge in [-0.15, -0.1) is 15.3 Å². The quantitative estimate of drug-likeness (QED) is 0.543. The Balaban J connectivity index is 1.39. The van der Waals surface area contributed by atoms with Crippen LogP contribution in [0.25, 0.3) is 16.7 Å². The van der Waals surface area contributed by atoms with Crippen LogP contribution in [0.1, 0.15) is 11.5 Å². The Labute approximate surface area is 156 Å². The lowest BCUT2D eigenvalue weighted by atomic mass is 10.1. The summed E-state index contributed by atoms with van der Waals surface area (Å²) in [6.07, 6.45) is 1.65. The third-order valence-corrected chi connectivity index (χ3v) is 5.51. The molecule has 1 aliphatic rings. The molecular formula is C18H21N9. The second-order valence-corrected chi connectivity index (χ2v) is 7.15. The van der Waals surface area contributed by atoms with Crippen LogP contribution in [0.5, 0.6) is 0 Å². The summed E-state index contributed by atoms with van der Waals surface area (Å²) in [7, 11) is 4.17. The van der Waals surface area contributed by atoms with Crippen molar-refractivity contribution in [3.8, 4) is 0 Å². The average molecular weight is 363 g/mol. The maximum Gasteiger partial charge on any atom is 0.178 e. The van der Waals surface area contributed by atoms with E-state index in [0.717, 1.165) is 47.2 Å². The summed E-state index contributed by atoms with van der Waals surface area (Å²) in [4.78, 5) is 13.5. The Morgan fingerprint density at radius 3 is 2.74 bits per heavy atom. The molecule has 5 heterocycles. The van der Waals surface area contributed by atoms with E-state index in [1.807, 2.05) is 19.1 Å². The van der Waals surface area contributed by atoms with Crippen molar-refractivity contribution in [3.05, 3.63) is 36.0 Å². The molecule has 0 spiro atoms. The van der Waals surface area contributed by atoms with E-state index in [1.165, 1.54) is 5.69 Å². The van der Waals surface area contributed by atoms with Gasteiger partial charge in [0, 0.05) is 32.9 Å². The highest BCUT2D eigenvalue weighted by molar-refractivity contribution is 5.87. The van der Waals surface area contributed by atoms with Gasteiger partial charge in [0.05, 0.1) is 11.6 Å². The molecular weight excluding hydrogens is 342 g/mol. The monoisotopic (exact) mass is 363 g/mol. The van der Waals surface area contributed by atoms with Crippen LogP contribution in [0.4, 0.5) is 11.6 Å². The van der Waals surface area contributed by atoms with E-state index in [2.05, 4.69) is 66.7 Å². The topological polar surface area (TPSA) is 80.3 Å². The fraction of sp³-hybridized carbons (Fsp3) is 0.389. The first-order chi connectivity index (χ1) is 13.0. The highest BCUT2D eigenvalue weighted by Gasteiger charge is 2.33. The Hall–Kier alpha value is -3.23. The minimum atomic E-state index is 0.373. The van der Waals surface area contributed by atoms with E-state index < -0.39 is 0 Å². The molecule has 0 aromatic carbocycles. The predicted molar refractivity (Wildman–Crippen MR) is 103 cm³/mol. The molecule has 4 aromatic rings. The summed E-state index contributed by atoms with van der Waals surface area (Å²) in [5, 5.41) is 12.8. The standard InChI is InChI=1S/C18H21N9/c1-11-7-14-17(24(11)3)18(20-10-19-14)25(4)13-8-26(9-13)16-6-5-15-22-21-12(2)27(15)23-16/h5-7,10,13H,8-9H2,1-4H3. The molecule has 0 radical (unpaired) electrons. The first-order valence-electron chi connectivity index (χ1n) is 8.97. The molecule has 138 valence electrons. The van der Waals surface area contributed by atoms with Gasteiger partial charge in [-0.05, 0) is 32.0 Å². The van der Waals surface area contributed by atoms with Crippen molar-refractivity contribution in [3.63, 3.8) is 0 Å². The molecule has 5 rings (SSSR count). The van der Waals surface area contributed by atoms with Crippen LogP contribution in [-0.2, 0) is 7.05 Å². The summed E-state index contributed by atoms with van der Waals surface area (Å²) in [6, 6.07) is 6.43. The SMILES string of the molecule is Cc1cc2ncnc(N(C)C3CN(c4ccc5nnc(C)n5n4)C3)c2n1C. The third kappa shape index (κ3) is 2.34. The molecule has 9 nitrogen and oxygen atoms in total. The number of anilines is 2. The van der Waals surface area contributed by atoms with Crippen molar-refractivity contribution in [2.75, 3.05) is 29.9 Å². The van der Waals surface area contributed by atoms with Gasteiger partial charge in [0.15, 0.2) is 17.3 Å². The zero-order chi connectivity index (χ0) is 18.7. The van der Waals surface area contributed by atoms with E-state index in [-0.39, 0.29) is 0 Å². The summed E-state index contributed by atoms with van der Waals surface area (Å²) in [5.41, 5.74) is 4.01. The Morgan fingerprint density at radius 2 is 1.93 bits per heavy atom. The van der Waals surface area contributed by atoms with Crippen LogP contribution >= 0.6 is 0 Å². The second kappa shape index (κ2) is 5.63. The minimum absolute atomic E-state index is 0.373. The van der Waals surface area contributed by atoms with Crippen LogP contribution in [0.15, 0.2) is 24.5 Å². The average Bonchev–Trinajstić information content (AvgIpc) is 3.14. The van der Waals surface area contributed by atoms with Gasteiger partial charge in [-0.1, -0.05) is 0 Å². The number of nitrogens with zero attached hydrogens (tertiary/aromatic N) is 9. The Bertz CT molecular complexity index is 1150. The van der Waals surface area contributed by atoms with Crippen molar-refractivity contribution < 1.29 is 0 Å². The fourth-order valence-corrected chi connectivity index (χ4v) is 3.65. The van der Waals surface area contributed by atoms with Gasteiger partial charge >= 0.3 is 0 Å². The molecule has 27 heavy (non-hydrogen) atoms. The number of likely N-dealkylation sites (N-methyl/N-ethyl adjacent to an activating group) is 1. The molecule has 1 aliphatic heterocycles. The number of fused-ring (bicyclic) bond motifs is 2. The van der Waals surface area contributed by atoms with Crippen LogP contribution in [0.3, 0.4) is 0 Å². The van der Waals surface area contributed by atoms with Gasteiger partial charge in [0.25, 0.3) is 0 Å². The normalized spacial score (nSPS) is 14.9. The van der Waals surface area contributed by atoms with Crippen LogP contribution in [0.2, 0.25) is 0 Å². The van der Waals surface area contributed by atoms with Gasteiger partial charge in [-0.3, -0.25) is 0 Å². The van der Waals surface area contributed by atoms with Crippen molar-refractivity contribution in [1.82, 2.24) is 34.3 Å². The fourth-order valence-electron chi connectivity index (χ4n) is 3.65. The lowest BCUT2D eigenvalue weighted by molar-refractivity contribution is 0.487. The van der Waals surface area contributed by atoms with E-state index in [1.54, 1.807) is 10.8 Å². The largest absolute Gasteiger partial charge is 0.351 e. The van der Waals surface area contributed by atoms with Gasteiger partial charge < -0.3 is 14.4 Å². The lowest BCUT2D eigenvalue weighted by Gasteiger charge is -2.45. The summed E-state index contributed by atoms with van der Waals surface area (Å²) >= 11 is 0. The lowest BCUT2D eigenvalue weighted by Crippen LogP contribution is -2.59. The molecule has 1 saturated heterocycles. The van der Waals surface area contributed by atoms with Crippen molar-refractivity contribution in [1.29, 1.82) is 0 Å². The molecule has 1 fully saturated rings. The zero-order valence-corrected chi connectivity index (χ0v) is 15.8. The van der Waals surface area contributed by atoms with Crippen molar-refractivity contribution >= 4 is 28.3 Å². The second-order valence-electron chi connectivity index (χ2n) is 7.15. The number of rotatable bonds is 3. The van der Waals surface area contributed by atoms with Crippen molar-refractivity contribution in [2.45, 2.75) is 19.9 Å². The number of hydrogen-bond donors (Lipinski definition) is 0. The molecule has 4 aromatic heterocycles. The van der Waals surface area contributed by atoms with E-state index in [0.29, 0.717) is 6.04 Å². The van der Waals surface area contributed by atoms with Crippen LogP contribution < -0.4 is 9.80 Å². The molecule has 9 heteroatoms. The maximum atomic E-state index is 4.66. The van der Waals surface area contributed by atoms with Gasteiger partial charge in [-0.25, -0.2) is 9.97 Å². The molecule has 0 saturated carbocycles. The molecule has 0 N–H and O–H groups in total. The van der Waals surface area contributed by atoms with E-state index in [9.17, 15) is 0 Å². The highest BCUT2D eigenvalue weighted by Crippen LogP contribution is 2.29. The van der Waals surface area contributed by atoms with Crippen molar-refractivity contribution in [2.24, 2.45) is 7.05 Å². The molecule has 0 unspecified atom stereocenters. The number of aromatic nitrogens is 7. The zero-order valence-electron chi connectivity index (χ0n) is 15.8. The minimum Gasteiger partial charge on any atom is -0.351 e. The highest BCUT2D eigenvalue weighted by atomic mass is 15.4. The number of aryl methyl sites for hydroxylation is 3. The molecule has 0 amide bonds. The summed E-state index contributed by atoms with van der Waals surface area (Å²) in [6.45, 7) is 5.78. The van der Waals surface area contributed by atoms with Crippen LogP contribution in [0, 0.1) is 13.8 Å². The molecule has 0 bridgehead atoms. The maximum absolute atomic E-state index is 4.66. The van der Waals surface area contributed by atoms with E-state index in [4.69, 9.17) is 0 Å². The first kappa shape index (κ1) is 16.0. The summed E-state index contributed by atoms with van der Waals surface area (Å²) < 4.78 is 3.94. The Kier molecular flexibility index (Phi) is 3.33. The summed E-state index contributed by atoms with van der Waals surface area (Å²) in [5.74, 6) is 2.71. The molecule has 0 aliphatic carbocycles. The van der Waals surface area contributed by atoms with Gasteiger partial charge in [0.2, 0.25) is 0 Å².